The molecule has 0 radical (unpaired) electrons. The summed E-state index contributed by atoms with van der Waals surface area (Å²) in [7, 11) is 0. The van der Waals surface area contributed by atoms with E-state index in [1.807, 2.05) is 0 Å². The molecule has 0 aliphatic carbocycles. The van der Waals surface area contributed by atoms with E-state index < -0.39 is 17.7 Å². The molecule has 2 aliphatic heterocycles. The lowest BCUT2D eigenvalue weighted by molar-refractivity contribution is -0.208. The second kappa shape index (κ2) is 3.33. The Balaban J connectivity index is 2.00. The second-order valence-corrected chi connectivity index (χ2v) is 3.57. The zero-order chi connectivity index (χ0) is 10.2. The van der Waals surface area contributed by atoms with Gasteiger partial charge in [-0.1, -0.05) is 0 Å². The lowest BCUT2D eigenvalue weighted by Crippen LogP contribution is -2.50. The van der Waals surface area contributed by atoms with E-state index in [0.29, 0.717) is 13.2 Å². The normalized spacial score (nSPS) is 28.9. The maximum Gasteiger partial charge on any atom is 0.343 e. The summed E-state index contributed by atoms with van der Waals surface area (Å²) in [5.41, 5.74) is -0.533. The molecule has 0 saturated carbocycles. The standard InChI is InChI=1S/C9H12O5/c1-2-13-8(11)7-6(10)3-9(14-7)4-12-5-9/h7H,2-5H2,1H3/t7-/m1/s1. The fourth-order valence-electron chi connectivity index (χ4n) is 1.66. The molecule has 2 aliphatic rings. The van der Waals surface area contributed by atoms with Crippen LogP contribution >= 0.6 is 0 Å². The van der Waals surface area contributed by atoms with Gasteiger partial charge in [-0.3, -0.25) is 4.79 Å². The number of carbonyl (C=O) groups excluding carboxylic acids is 2. The summed E-state index contributed by atoms with van der Waals surface area (Å²) in [6.07, 6.45) is -0.768. The lowest BCUT2D eigenvalue weighted by atomic mass is 9.97. The Morgan fingerprint density at radius 1 is 1.64 bits per heavy atom. The van der Waals surface area contributed by atoms with Gasteiger partial charge < -0.3 is 14.2 Å². The number of carbonyl (C=O) groups is 2. The predicted octanol–water partition coefficient (Wildman–Crippen LogP) is -0.324. The maximum absolute atomic E-state index is 11.4. The minimum atomic E-state index is -1.03. The van der Waals surface area contributed by atoms with Gasteiger partial charge in [-0.15, -0.1) is 0 Å². The average Bonchev–Trinajstić information content (AvgIpc) is 2.43. The Kier molecular flexibility index (Phi) is 2.28. The molecule has 5 heteroatoms. The van der Waals surface area contributed by atoms with E-state index in [1.54, 1.807) is 6.92 Å². The zero-order valence-electron chi connectivity index (χ0n) is 7.95. The van der Waals surface area contributed by atoms with Crippen LogP contribution in [0.1, 0.15) is 13.3 Å². The van der Waals surface area contributed by atoms with E-state index in [9.17, 15) is 9.59 Å². The van der Waals surface area contributed by atoms with Crippen LogP contribution in [-0.4, -0.2) is 43.3 Å². The van der Waals surface area contributed by atoms with Crippen LogP contribution in [0.3, 0.4) is 0 Å². The van der Waals surface area contributed by atoms with Crippen LogP contribution in [0.2, 0.25) is 0 Å². The molecule has 0 amide bonds. The topological polar surface area (TPSA) is 61.8 Å². The molecule has 78 valence electrons. The van der Waals surface area contributed by atoms with Crippen LogP contribution in [0.4, 0.5) is 0 Å². The van der Waals surface area contributed by atoms with Crippen molar-refractivity contribution in [1.29, 1.82) is 0 Å². The minimum Gasteiger partial charge on any atom is -0.464 e. The minimum absolute atomic E-state index is 0.202. The van der Waals surface area contributed by atoms with Gasteiger partial charge in [-0.05, 0) is 6.92 Å². The van der Waals surface area contributed by atoms with Gasteiger partial charge in [0.05, 0.1) is 19.8 Å². The molecule has 2 fully saturated rings. The Morgan fingerprint density at radius 3 is 2.79 bits per heavy atom. The zero-order valence-corrected chi connectivity index (χ0v) is 7.95. The van der Waals surface area contributed by atoms with Crippen LogP contribution in [0.15, 0.2) is 0 Å². The third kappa shape index (κ3) is 1.42. The molecule has 1 spiro atoms. The molecule has 5 nitrogen and oxygen atoms in total. The van der Waals surface area contributed by atoms with Crippen molar-refractivity contribution in [1.82, 2.24) is 0 Å². The highest BCUT2D eigenvalue weighted by atomic mass is 16.6. The summed E-state index contributed by atoms with van der Waals surface area (Å²) in [5.74, 6) is -0.784. The van der Waals surface area contributed by atoms with Crippen molar-refractivity contribution in [3.05, 3.63) is 0 Å². The fourth-order valence-corrected chi connectivity index (χ4v) is 1.66. The highest BCUT2D eigenvalue weighted by molar-refractivity contribution is 6.04. The number of rotatable bonds is 2. The van der Waals surface area contributed by atoms with E-state index in [0.717, 1.165) is 0 Å². The molecule has 2 saturated heterocycles. The van der Waals surface area contributed by atoms with Gasteiger partial charge in [0.15, 0.2) is 5.78 Å². The van der Waals surface area contributed by atoms with Crippen LogP contribution in [0.25, 0.3) is 0 Å². The summed E-state index contributed by atoms with van der Waals surface area (Å²) in [4.78, 5) is 22.7. The molecule has 1 atom stereocenters. The van der Waals surface area contributed by atoms with Crippen molar-refractivity contribution in [2.75, 3.05) is 19.8 Å². The van der Waals surface area contributed by atoms with Crippen LogP contribution in [0, 0.1) is 0 Å². The molecular weight excluding hydrogens is 188 g/mol. The van der Waals surface area contributed by atoms with Crippen molar-refractivity contribution in [2.24, 2.45) is 0 Å². The molecule has 0 unspecified atom stereocenters. The van der Waals surface area contributed by atoms with Gasteiger partial charge in [0.2, 0.25) is 6.10 Å². The van der Waals surface area contributed by atoms with Gasteiger partial charge in [0, 0.05) is 6.42 Å². The van der Waals surface area contributed by atoms with Gasteiger partial charge >= 0.3 is 5.97 Å². The first-order valence-corrected chi connectivity index (χ1v) is 4.62. The number of hydrogen-bond acceptors (Lipinski definition) is 5. The first kappa shape index (κ1) is 9.61. The molecule has 0 aromatic carbocycles. The van der Waals surface area contributed by atoms with E-state index in [-0.39, 0.29) is 18.8 Å². The lowest BCUT2D eigenvalue weighted by Gasteiger charge is -2.36. The number of ketones is 1. The summed E-state index contributed by atoms with van der Waals surface area (Å²) >= 11 is 0. The first-order valence-electron chi connectivity index (χ1n) is 4.62. The molecular formula is C9H12O5. The molecule has 2 rings (SSSR count). The molecule has 0 N–H and O–H groups in total. The summed E-state index contributed by atoms with van der Waals surface area (Å²) in [6, 6.07) is 0. The summed E-state index contributed by atoms with van der Waals surface area (Å²) in [5, 5.41) is 0. The Labute approximate surface area is 81.3 Å². The summed E-state index contributed by atoms with van der Waals surface area (Å²) in [6.45, 7) is 2.75. The van der Waals surface area contributed by atoms with E-state index in [4.69, 9.17) is 14.2 Å². The van der Waals surface area contributed by atoms with Crippen LogP contribution < -0.4 is 0 Å². The third-order valence-corrected chi connectivity index (χ3v) is 2.39. The summed E-state index contributed by atoms with van der Waals surface area (Å²) < 4.78 is 15.1. The Bertz CT molecular complexity index is 260. The first-order chi connectivity index (χ1) is 6.67. The molecule has 0 bridgehead atoms. The molecule has 14 heavy (non-hydrogen) atoms. The smallest absolute Gasteiger partial charge is 0.343 e. The number of hydrogen-bond donors (Lipinski definition) is 0. The maximum atomic E-state index is 11.4. The number of esters is 1. The van der Waals surface area contributed by atoms with Gasteiger partial charge in [-0.2, -0.15) is 0 Å². The van der Waals surface area contributed by atoms with Gasteiger partial charge in [0.25, 0.3) is 0 Å². The van der Waals surface area contributed by atoms with Gasteiger partial charge in [-0.25, -0.2) is 4.79 Å². The van der Waals surface area contributed by atoms with Crippen molar-refractivity contribution < 1.29 is 23.8 Å². The van der Waals surface area contributed by atoms with Crippen molar-refractivity contribution in [2.45, 2.75) is 25.0 Å². The van der Waals surface area contributed by atoms with E-state index in [2.05, 4.69) is 0 Å². The second-order valence-electron chi connectivity index (χ2n) is 3.57. The highest BCUT2D eigenvalue weighted by Gasteiger charge is 2.53. The van der Waals surface area contributed by atoms with Crippen LogP contribution in [-0.2, 0) is 23.8 Å². The van der Waals surface area contributed by atoms with Crippen molar-refractivity contribution in [3.63, 3.8) is 0 Å². The highest BCUT2D eigenvalue weighted by Crippen LogP contribution is 2.34. The molecule has 0 aromatic heterocycles. The Morgan fingerprint density at radius 2 is 2.36 bits per heavy atom. The third-order valence-electron chi connectivity index (χ3n) is 2.39. The SMILES string of the molecule is CCOC(=O)[C@@H]1OC2(COC2)CC1=O. The number of ether oxygens (including phenoxy) is 3. The van der Waals surface area contributed by atoms with E-state index >= 15 is 0 Å². The average molecular weight is 200 g/mol. The van der Waals surface area contributed by atoms with Crippen molar-refractivity contribution in [3.8, 4) is 0 Å². The van der Waals surface area contributed by atoms with Crippen LogP contribution in [0.5, 0.6) is 0 Å². The quantitative estimate of drug-likeness (QED) is 0.451. The monoisotopic (exact) mass is 200 g/mol. The molecule has 0 aromatic rings. The fraction of sp³-hybridized carbons (Fsp3) is 0.778. The van der Waals surface area contributed by atoms with Gasteiger partial charge in [0.1, 0.15) is 5.60 Å². The Hall–Kier alpha value is -0.940. The molecule has 2 heterocycles. The largest absolute Gasteiger partial charge is 0.464 e. The van der Waals surface area contributed by atoms with Crippen molar-refractivity contribution >= 4 is 11.8 Å². The number of Topliss-reactive ketones (excluding diaryl/α,β-unsaturated/α-hetero) is 1. The van der Waals surface area contributed by atoms with E-state index in [1.165, 1.54) is 0 Å². The predicted molar refractivity (Wildman–Crippen MR) is 44.7 cm³/mol.